The Hall–Kier alpha value is -1.00. The topological polar surface area (TPSA) is 55.1 Å². The van der Waals surface area contributed by atoms with Crippen molar-refractivity contribution in [2.45, 2.75) is 18.2 Å². The van der Waals surface area contributed by atoms with Crippen LogP contribution in [0.25, 0.3) is 0 Å². The van der Waals surface area contributed by atoms with Crippen molar-refractivity contribution in [2.75, 3.05) is 17.6 Å². The third-order valence-electron chi connectivity index (χ3n) is 2.67. The number of carbonyl (C=O) groups is 1. The Kier molecular flexibility index (Phi) is 3.51. The van der Waals surface area contributed by atoms with Gasteiger partial charge in [-0.05, 0) is 36.6 Å². The molecule has 2 rings (SSSR count). The van der Waals surface area contributed by atoms with Crippen molar-refractivity contribution >= 4 is 23.4 Å². The molecule has 0 saturated carbocycles. The maximum atomic E-state index is 11.2. The summed E-state index contributed by atoms with van der Waals surface area (Å²) in [6.07, 6.45) is 0.998. The quantitative estimate of drug-likeness (QED) is 0.842. The minimum absolute atomic E-state index is 0.0839. The normalized spacial score (nSPS) is 16.5. The third-order valence-corrected chi connectivity index (χ3v) is 3.72. The number of hydrogen-bond donors (Lipinski definition) is 2. The molecule has 0 radical (unpaired) electrons. The number of nitrogens with two attached hydrogens (primary N) is 1. The summed E-state index contributed by atoms with van der Waals surface area (Å²) < 4.78 is 0. The highest BCUT2D eigenvalue weighted by Gasteiger charge is 2.15. The molecule has 1 unspecified atom stereocenters. The second-order valence-corrected chi connectivity index (χ2v) is 5.23. The third kappa shape index (κ3) is 2.57. The molecule has 1 aliphatic rings. The van der Waals surface area contributed by atoms with Gasteiger partial charge >= 0.3 is 0 Å². The Bertz CT molecular complexity index is 406. The van der Waals surface area contributed by atoms with Crippen LogP contribution in [0.2, 0.25) is 0 Å². The molecule has 0 aromatic heterocycles. The van der Waals surface area contributed by atoms with Crippen molar-refractivity contribution in [1.29, 1.82) is 0 Å². The van der Waals surface area contributed by atoms with E-state index >= 15 is 0 Å². The van der Waals surface area contributed by atoms with Gasteiger partial charge in [0.2, 0.25) is 5.91 Å². The molecule has 0 saturated heterocycles. The monoisotopic (exact) mass is 236 g/mol. The molecular formula is C12H16N2OS. The van der Waals surface area contributed by atoms with E-state index in [-0.39, 0.29) is 5.91 Å². The average Bonchev–Trinajstić information content (AvgIpc) is 2.29. The second kappa shape index (κ2) is 4.89. The van der Waals surface area contributed by atoms with Gasteiger partial charge in [0.05, 0.1) is 11.4 Å². The summed E-state index contributed by atoms with van der Waals surface area (Å²) in [5.74, 6) is 1.10. The van der Waals surface area contributed by atoms with Gasteiger partial charge in [-0.3, -0.25) is 4.79 Å². The van der Waals surface area contributed by atoms with Gasteiger partial charge in [-0.2, -0.15) is 0 Å². The second-order valence-electron chi connectivity index (χ2n) is 4.21. The fourth-order valence-electron chi connectivity index (χ4n) is 1.73. The van der Waals surface area contributed by atoms with Crippen LogP contribution >= 0.6 is 11.8 Å². The lowest BCUT2D eigenvalue weighted by Crippen LogP contribution is -2.19. The highest BCUT2D eigenvalue weighted by molar-refractivity contribution is 8.00. The first-order valence-electron chi connectivity index (χ1n) is 5.44. The predicted octanol–water partition coefficient (Wildman–Crippen LogP) is 1.87. The SMILES string of the molecule is CC(CN)Cc1ccc2c(c1)SCC(=O)N2. The number of hydrogen-bond acceptors (Lipinski definition) is 3. The molecule has 1 atom stereocenters. The van der Waals surface area contributed by atoms with Crippen molar-refractivity contribution in [1.82, 2.24) is 0 Å². The number of fused-ring (bicyclic) bond motifs is 1. The minimum atomic E-state index is 0.0839. The lowest BCUT2D eigenvalue weighted by atomic mass is 10.0. The van der Waals surface area contributed by atoms with Crippen LogP contribution in [0.15, 0.2) is 23.1 Å². The van der Waals surface area contributed by atoms with Gasteiger partial charge < -0.3 is 11.1 Å². The molecule has 1 aromatic rings. The fraction of sp³-hybridized carbons (Fsp3) is 0.417. The molecule has 1 aliphatic heterocycles. The number of anilines is 1. The van der Waals surface area contributed by atoms with Gasteiger partial charge in [0.1, 0.15) is 0 Å². The summed E-state index contributed by atoms with van der Waals surface area (Å²) in [6.45, 7) is 2.86. The molecule has 0 aliphatic carbocycles. The molecule has 1 heterocycles. The van der Waals surface area contributed by atoms with Gasteiger partial charge in [0.25, 0.3) is 0 Å². The fourth-order valence-corrected chi connectivity index (χ4v) is 2.60. The molecule has 16 heavy (non-hydrogen) atoms. The summed E-state index contributed by atoms with van der Waals surface area (Å²) in [6, 6.07) is 6.21. The highest BCUT2D eigenvalue weighted by Crippen LogP contribution is 2.32. The van der Waals surface area contributed by atoms with Crippen molar-refractivity contribution in [2.24, 2.45) is 11.7 Å². The largest absolute Gasteiger partial charge is 0.330 e. The number of nitrogens with one attached hydrogen (secondary N) is 1. The number of benzene rings is 1. The van der Waals surface area contributed by atoms with Crippen LogP contribution in [0.1, 0.15) is 12.5 Å². The van der Waals surface area contributed by atoms with Crippen molar-refractivity contribution in [3.05, 3.63) is 23.8 Å². The number of thioether (sulfide) groups is 1. The average molecular weight is 236 g/mol. The van der Waals surface area contributed by atoms with Gasteiger partial charge in [-0.25, -0.2) is 0 Å². The number of rotatable bonds is 3. The molecular weight excluding hydrogens is 220 g/mol. The maximum Gasteiger partial charge on any atom is 0.234 e. The van der Waals surface area contributed by atoms with E-state index in [1.807, 2.05) is 6.07 Å². The first-order valence-corrected chi connectivity index (χ1v) is 6.43. The minimum Gasteiger partial charge on any atom is -0.330 e. The lowest BCUT2D eigenvalue weighted by molar-refractivity contribution is -0.113. The summed E-state index contributed by atoms with van der Waals surface area (Å²) >= 11 is 1.60. The van der Waals surface area contributed by atoms with E-state index in [1.165, 1.54) is 10.5 Å². The maximum absolute atomic E-state index is 11.2. The van der Waals surface area contributed by atoms with Gasteiger partial charge in [0.15, 0.2) is 0 Å². The molecule has 0 spiro atoms. The Morgan fingerprint density at radius 1 is 1.56 bits per heavy atom. The molecule has 3 nitrogen and oxygen atoms in total. The van der Waals surface area contributed by atoms with E-state index in [2.05, 4.69) is 24.4 Å². The smallest absolute Gasteiger partial charge is 0.234 e. The van der Waals surface area contributed by atoms with Crippen LogP contribution in [0.4, 0.5) is 5.69 Å². The van der Waals surface area contributed by atoms with Crippen LogP contribution in [-0.2, 0) is 11.2 Å². The zero-order valence-corrected chi connectivity index (χ0v) is 10.1. The van der Waals surface area contributed by atoms with Gasteiger partial charge in [0, 0.05) is 4.90 Å². The lowest BCUT2D eigenvalue weighted by Gasteiger charge is -2.17. The van der Waals surface area contributed by atoms with E-state index in [1.54, 1.807) is 11.8 Å². The Balaban J connectivity index is 2.16. The van der Waals surface area contributed by atoms with Gasteiger partial charge in [-0.15, -0.1) is 11.8 Å². The van der Waals surface area contributed by atoms with Crippen LogP contribution in [0.5, 0.6) is 0 Å². The first kappa shape index (κ1) is 11.5. The zero-order valence-electron chi connectivity index (χ0n) is 9.32. The number of amides is 1. The molecule has 4 heteroatoms. The molecule has 3 N–H and O–H groups in total. The Morgan fingerprint density at radius 3 is 3.12 bits per heavy atom. The molecule has 1 amide bonds. The molecule has 0 fully saturated rings. The standard InChI is InChI=1S/C12H16N2OS/c1-8(6-13)4-9-2-3-10-11(5-9)16-7-12(15)14-10/h2-3,5,8H,4,6-7,13H2,1H3,(H,14,15). The van der Waals surface area contributed by atoms with Gasteiger partial charge in [-0.1, -0.05) is 13.0 Å². The Labute approximate surface area is 99.8 Å². The van der Waals surface area contributed by atoms with E-state index in [0.717, 1.165) is 12.1 Å². The summed E-state index contributed by atoms with van der Waals surface area (Å²) in [4.78, 5) is 12.4. The summed E-state index contributed by atoms with van der Waals surface area (Å²) in [7, 11) is 0. The van der Waals surface area contributed by atoms with Crippen LogP contribution < -0.4 is 11.1 Å². The van der Waals surface area contributed by atoms with Crippen LogP contribution in [-0.4, -0.2) is 18.2 Å². The van der Waals surface area contributed by atoms with Crippen LogP contribution in [0, 0.1) is 5.92 Å². The van der Waals surface area contributed by atoms with E-state index in [9.17, 15) is 4.79 Å². The van der Waals surface area contributed by atoms with Crippen molar-refractivity contribution in [3.8, 4) is 0 Å². The highest BCUT2D eigenvalue weighted by atomic mass is 32.2. The van der Waals surface area contributed by atoms with E-state index in [4.69, 9.17) is 5.73 Å². The van der Waals surface area contributed by atoms with E-state index < -0.39 is 0 Å². The molecule has 86 valence electrons. The molecule has 1 aromatic carbocycles. The predicted molar refractivity (Wildman–Crippen MR) is 67.7 cm³/mol. The first-order chi connectivity index (χ1) is 7.69. The van der Waals surface area contributed by atoms with Crippen LogP contribution in [0.3, 0.4) is 0 Å². The van der Waals surface area contributed by atoms with Crippen molar-refractivity contribution in [3.63, 3.8) is 0 Å². The Morgan fingerprint density at radius 2 is 2.38 bits per heavy atom. The molecule has 0 bridgehead atoms. The van der Waals surface area contributed by atoms with Crippen molar-refractivity contribution < 1.29 is 4.79 Å². The van der Waals surface area contributed by atoms with E-state index in [0.29, 0.717) is 18.2 Å². The summed E-state index contributed by atoms with van der Waals surface area (Å²) in [5.41, 5.74) is 7.84. The summed E-state index contributed by atoms with van der Waals surface area (Å²) in [5, 5.41) is 2.87. The zero-order chi connectivity index (χ0) is 11.5. The number of carbonyl (C=O) groups excluding carboxylic acids is 1.